The summed E-state index contributed by atoms with van der Waals surface area (Å²) in [5, 5.41) is 0.893. The third-order valence-electron chi connectivity index (χ3n) is 8.91. The van der Waals surface area contributed by atoms with Crippen molar-refractivity contribution in [1.29, 1.82) is 0 Å². The van der Waals surface area contributed by atoms with Gasteiger partial charge in [-0.2, -0.15) is 4.31 Å². The van der Waals surface area contributed by atoms with E-state index in [1.165, 1.54) is 18.2 Å². The molecule has 8 nitrogen and oxygen atoms in total. The van der Waals surface area contributed by atoms with Crippen LogP contribution in [0.15, 0.2) is 59.5 Å². The summed E-state index contributed by atoms with van der Waals surface area (Å²) in [5.41, 5.74) is 0.584. The molecule has 1 saturated heterocycles. The molecule has 0 aliphatic carbocycles. The Bertz CT molecular complexity index is 1360. The normalized spacial score (nSPS) is 22.4. The lowest BCUT2D eigenvalue weighted by Crippen LogP contribution is -2.69. The lowest BCUT2D eigenvalue weighted by atomic mass is 9.98. The zero-order valence-corrected chi connectivity index (χ0v) is 29.4. The lowest BCUT2D eigenvalue weighted by molar-refractivity contribution is -0.161. The number of ether oxygens (including phenoxy) is 2. The van der Waals surface area contributed by atoms with Crippen molar-refractivity contribution in [3.63, 3.8) is 0 Å². The quantitative estimate of drug-likeness (QED) is 0.275. The van der Waals surface area contributed by atoms with Gasteiger partial charge >= 0.3 is 11.9 Å². The van der Waals surface area contributed by atoms with Crippen molar-refractivity contribution < 1.29 is 31.9 Å². The molecule has 42 heavy (non-hydrogen) atoms. The predicted molar refractivity (Wildman–Crippen MR) is 170 cm³/mol. The first kappa shape index (κ1) is 34.2. The number of aryl methyl sites for hydroxylation is 1. The highest BCUT2D eigenvalue weighted by molar-refractivity contribution is 7.89. The number of rotatable bonds is 9. The first-order valence-corrected chi connectivity index (χ1v) is 21.8. The number of piperidine rings is 1. The molecule has 1 aliphatic rings. The highest BCUT2D eigenvalue weighted by Gasteiger charge is 2.57. The summed E-state index contributed by atoms with van der Waals surface area (Å²) in [5.74, 6) is -0.994. The monoisotopic (exact) mass is 633 g/mol. The van der Waals surface area contributed by atoms with E-state index in [-0.39, 0.29) is 28.6 Å². The van der Waals surface area contributed by atoms with Crippen molar-refractivity contribution >= 4 is 43.5 Å². The predicted octanol–water partition coefficient (Wildman–Crippen LogP) is 5.24. The fraction of sp³-hybridized carbons (Fsp3) is 0.548. The minimum absolute atomic E-state index is 0.0889. The molecule has 0 aromatic heterocycles. The van der Waals surface area contributed by atoms with Crippen molar-refractivity contribution in [3.8, 4) is 0 Å². The molecule has 1 heterocycles. The van der Waals surface area contributed by atoms with Crippen LogP contribution < -0.4 is 5.19 Å². The lowest BCUT2D eigenvalue weighted by Gasteiger charge is -2.53. The molecule has 3 rings (SSSR count). The van der Waals surface area contributed by atoms with Crippen molar-refractivity contribution in [2.45, 2.75) is 101 Å². The van der Waals surface area contributed by atoms with Gasteiger partial charge in [-0.1, -0.05) is 87.1 Å². The van der Waals surface area contributed by atoms with Gasteiger partial charge in [-0.05, 0) is 37.2 Å². The third-order valence-corrected chi connectivity index (χ3v) is 19.5. The van der Waals surface area contributed by atoms with E-state index in [1.54, 1.807) is 24.3 Å². The van der Waals surface area contributed by atoms with Gasteiger partial charge in [0, 0.05) is 25.9 Å². The van der Waals surface area contributed by atoms with Gasteiger partial charge in [-0.25, -0.2) is 8.42 Å². The maximum atomic E-state index is 14.4. The number of carbonyl (C=O) groups excluding carboxylic acids is 2. The molecule has 1 aliphatic heterocycles. The molecular formula is C31H47NO7SSi2. The first-order valence-electron chi connectivity index (χ1n) is 14.4. The van der Waals surface area contributed by atoms with Gasteiger partial charge in [0.25, 0.3) is 0 Å². The van der Waals surface area contributed by atoms with E-state index >= 15 is 0 Å². The zero-order chi connectivity index (χ0) is 31.7. The number of sulfonamides is 1. The fourth-order valence-corrected chi connectivity index (χ4v) is 11.6. The van der Waals surface area contributed by atoms with Crippen LogP contribution >= 0.6 is 0 Å². The average Bonchev–Trinajstić information content (AvgIpc) is 2.88. The topological polar surface area (TPSA) is 99.2 Å². The van der Waals surface area contributed by atoms with Gasteiger partial charge in [0.2, 0.25) is 10.0 Å². The second kappa shape index (κ2) is 12.7. The van der Waals surface area contributed by atoms with Crippen LogP contribution in [-0.4, -0.2) is 72.5 Å². The Morgan fingerprint density at radius 1 is 0.905 bits per heavy atom. The Morgan fingerprint density at radius 2 is 1.48 bits per heavy atom. The Morgan fingerprint density at radius 3 is 1.98 bits per heavy atom. The zero-order valence-electron chi connectivity index (χ0n) is 26.6. The van der Waals surface area contributed by atoms with E-state index in [9.17, 15) is 18.0 Å². The smallest absolute Gasteiger partial charge is 0.302 e. The Hall–Kier alpha value is -2.32. The van der Waals surface area contributed by atoms with Crippen molar-refractivity contribution in [2.75, 3.05) is 13.2 Å². The molecule has 0 amide bonds. The Balaban J connectivity index is 2.31. The molecule has 0 unspecified atom stereocenters. The van der Waals surface area contributed by atoms with E-state index in [2.05, 4.69) is 59.1 Å². The molecule has 0 bridgehead atoms. The molecule has 11 heteroatoms. The summed E-state index contributed by atoms with van der Waals surface area (Å²) in [4.78, 5) is 24.9. The molecule has 0 spiro atoms. The number of hydrogen-bond acceptors (Lipinski definition) is 7. The van der Waals surface area contributed by atoms with Gasteiger partial charge < -0.3 is 13.9 Å². The molecule has 1 fully saturated rings. The average molecular weight is 634 g/mol. The van der Waals surface area contributed by atoms with E-state index in [0.717, 1.165) is 10.8 Å². The van der Waals surface area contributed by atoms with E-state index in [4.69, 9.17) is 13.9 Å². The summed E-state index contributed by atoms with van der Waals surface area (Å²) < 4.78 is 49.0. The maximum absolute atomic E-state index is 14.4. The van der Waals surface area contributed by atoms with Crippen molar-refractivity contribution in [3.05, 3.63) is 60.2 Å². The van der Waals surface area contributed by atoms with Crippen LogP contribution in [0.5, 0.6) is 0 Å². The highest BCUT2D eigenvalue weighted by Crippen LogP contribution is 2.45. The summed E-state index contributed by atoms with van der Waals surface area (Å²) in [6.45, 7) is 19.3. The summed E-state index contributed by atoms with van der Waals surface area (Å²) in [6.07, 6.45) is -1.60. The van der Waals surface area contributed by atoms with Crippen LogP contribution in [0.25, 0.3) is 0 Å². The number of esters is 2. The van der Waals surface area contributed by atoms with Crippen LogP contribution in [0.4, 0.5) is 0 Å². The van der Waals surface area contributed by atoms with Gasteiger partial charge in [0.1, 0.15) is 18.8 Å². The Labute approximate surface area is 253 Å². The maximum Gasteiger partial charge on any atom is 0.302 e. The third kappa shape index (κ3) is 7.42. The molecule has 4 atom stereocenters. The highest BCUT2D eigenvalue weighted by atomic mass is 32.2. The molecule has 0 N–H and O–H groups in total. The number of hydrogen-bond donors (Lipinski definition) is 0. The molecule has 2 aromatic carbocycles. The SMILES string of the molecule is CC(=O)OC[C@@H]1[C@@H](O[Si](C)(C)C(C)(C)C)[C@H](OC(C)=O)[C@H]([Si](C)(C)c2ccccc2)CN1S(=O)(=O)c1ccc(C)cc1. The molecule has 0 saturated carbocycles. The minimum atomic E-state index is -4.07. The van der Waals surface area contributed by atoms with E-state index in [0.29, 0.717) is 0 Å². The molecule has 2 aromatic rings. The minimum Gasteiger partial charge on any atom is -0.464 e. The van der Waals surface area contributed by atoms with E-state index < -0.39 is 56.6 Å². The van der Waals surface area contributed by atoms with E-state index in [1.807, 2.05) is 25.1 Å². The molecule has 232 valence electrons. The summed E-state index contributed by atoms with van der Waals surface area (Å²) in [6, 6.07) is 15.8. The number of benzene rings is 2. The van der Waals surface area contributed by atoms with Crippen LogP contribution in [0.1, 0.15) is 40.2 Å². The Kier molecular flexibility index (Phi) is 10.4. The largest absolute Gasteiger partial charge is 0.464 e. The number of nitrogens with zero attached hydrogens (tertiary/aromatic N) is 1. The molecule has 0 radical (unpaired) electrons. The van der Waals surface area contributed by atoms with Crippen LogP contribution in [0.3, 0.4) is 0 Å². The van der Waals surface area contributed by atoms with Crippen LogP contribution in [-0.2, 0) is 33.5 Å². The fourth-order valence-electron chi connectivity index (χ4n) is 5.27. The van der Waals surface area contributed by atoms with Crippen LogP contribution in [0, 0.1) is 6.92 Å². The first-order chi connectivity index (χ1) is 19.3. The summed E-state index contributed by atoms with van der Waals surface area (Å²) >= 11 is 0. The second-order valence-corrected chi connectivity index (χ2v) is 24.8. The molecular weight excluding hydrogens is 587 g/mol. The second-order valence-electron chi connectivity index (χ2n) is 13.4. The van der Waals surface area contributed by atoms with Crippen molar-refractivity contribution in [1.82, 2.24) is 4.31 Å². The van der Waals surface area contributed by atoms with Gasteiger partial charge in [-0.3, -0.25) is 9.59 Å². The standard InChI is InChI=1S/C31H47NO7SSi2/c1-22-16-18-25(19-17-22)40(35,36)32-20-28(41(7,8)26-14-12-11-13-15-26)30(38-24(3)34)29(27(32)21-37-23(2)33)39-42(9,10)31(4,5)6/h11-19,27-30H,20-21H2,1-10H3/t27-,28-,29-,30-/m1/s1. The van der Waals surface area contributed by atoms with Gasteiger partial charge in [0.05, 0.1) is 19.0 Å². The van der Waals surface area contributed by atoms with Gasteiger partial charge in [-0.15, -0.1) is 0 Å². The number of carbonyl (C=O) groups is 2. The summed E-state index contributed by atoms with van der Waals surface area (Å²) in [7, 11) is -9.16. The van der Waals surface area contributed by atoms with Crippen molar-refractivity contribution in [2.24, 2.45) is 0 Å². The van der Waals surface area contributed by atoms with Crippen LogP contribution in [0.2, 0.25) is 36.8 Å². The van der Waals surface area contributed by atoms with Gasteiger partial charge in [0.15, 0.2) is 8.32 Å².